The van der Waals surface area contributed by atoms with Crippen molar-refractivity contribution in [2.24, 2.45) is 0 Å². The maximum atomic E-state index is 12.3. The van der Waals surface area contributed by atoms with Gasteiger partial charge in [0.25, 0.3) is 5.69 Å². The van der Waals surface area contributed by atoms with E-state index in [1.807, 2.05) is 0 Å². The minimum atomic E-state index is -0.464. The Balaban J connectivity index is 2.41. The molecule has 0 N–H and O–H groups in total. The number of fused-ring (bicyclic) bond motifs is 3. The monoisotopic (exact) mass is 381 g/mol. The minimum absolute atomic E-state index is 0.0567. The Hall–Kier alpha value is -1.53. The maximum Gasteiger partial charge on any atom is 0.279 e. The van der Waals surface area contributed by atoms with Crippen LogP contribution in [0.5, 0.6) is 0 Å². The molecule has 0 bridgehead atoms. The number of halogens is 2. The van der Waals surface area contributed by atoms with Crippen LogP contribution < -0.4 is 0 Å². The van der Waals surface area contributed by atoms with Crippen LogP contribution in [0.2, 0.25) is 0 Å². The van der Waals surface area contributed by atoms with Crippen LogP contribution in [0.1, 0.15) is 15.9 Å². The zero-order valence-electron chi connectivity index (χ0n) is 9.31. The van der Waals surface area contributed by atoms with Crippen molar-refractivity contribution in [2.75, 3.05) is 0 Å². The van der Waals surface area contributed by atoms with E-state index in [9.17, 15) is 14.9 Å². The molecular formula is C13H5Br2NO3. The van der Waals surface area contributed by atoms with Crippen LogP contribution >= 0.6 is 31.9 Å². The van der Waals surface area contributed by atoms with Gasteiger partial charge in [0.15, 0.2) is 5.78 Å². The Morgan fingerprint density at radius 3 is 2.32 bits per heavy atom. The van der Waals surface area contributed by atoms with Crippen molar-refractivity contribution in [2.45, 2.75) is 0 Å². The molecule has 19 heavy (non-hydrogen) atoms. The van der Waals surface area contributed by atoms with Gasteiger partial charge in [0.1, 0.15) is 0 Å². The Kier molecular flexibility index (Phi) is 2.79. The summed E-state index contributed by atoms with van der Waals surface area (Å²) in [6, 6.07) is 8.23. The van der Waals surface area contributed by atoms with Crippen LogP contribution in [-0.4, -0.2) is 10.7 Å². The first-order chi connectivity index (χ1) is 8.99. The second-order valence-corrected chi connectivity index (χ2v) is 5.95. The van der Waals surface area contributed by atoms with Crippen molar-refractivity contribution in [3.63, 3.8) is 0 Å². The minimum Gasteiger partial charge on any atom is -0.289 e. The number of hydrogen-bond acceptors (Lipinski definition) is 3. The van der Waals surface area contributed by atoms with Crippen LogP contribution in [0.15, 0.2) is 39.3 Å². The molecule has 0 saturated heterocycles. The van der Waals surface area contributed by atoms with Crippen molar-refractivity contribution >= 4 is 43.3 Å². The summed E-state index contributed by atoms with van der Waals surface area (Å²) in [6.45, 7) is 0. The van der Waals surface area contributed by atoms with Crippen LogP contribution in [-0.2, 0) is 0 Å². The Labute approximate surface area is 124 Å². The highest BCUT2D eigenvalue weighted by Gasteiger charge is 2.33. The fourth-order valence-corrected chi connectivity index (χ4v) is 3.07. The number of nitrogens with zero attached hydrogens (tertiary/aromatic N) is 1. The smallest absolute Gasteiger partial charge is 0.279 e. The van der Waals surface area contributed by atoms with Gasteiger partial charge in [-0.3, -0.25) is 14.9 Å². The van der Waals surface area contributed by atoms with E-state index in [4.69, 9.17) is 0 Å². The Bertz CT molecular complexity index is 756. The molecular weight excluding hydrogens is 378 g/mol. The van der Waals surface area contributed by atoms with E-state index in [2.05, 4.69) is 31.9 Å². The summed E-state index contributed by atoms with van der Waals surface area (Å²) in [4.78, 5) is 23.0. The Morgan fingerprint density at radius 2 is 1.63 bits per heavy atom. The number of benzene rings is 2. The van der Waals surface area contributed by atoms with E-state index >= 15 is 0 Å². The van der Waals surface area contributed by atoms with Gasteiger partial charge in [-0.2, -0.15) is 0 Å². The van der Waals surface area contributed by atoms with Crippen LogP contribution in [0.4, 0.5) is 5.69 Å². The molecule has 0 aliphatic heterocycles. The van der Waals surface area contributed by atoms with Gasteiger partial charge in [0.2, 0.25) is 0 Å². The summed E-state index contributed by atoms with van der Waals surface area (Å²) in [7, 11) is 0. The number of rotatable bonds is 1. The summed E-state index contributed by atoms with van der Waals surface area (Å²) in [5, 5.41) is 11.2. The molecule has 4 nitrogen and oxygen atoms in total. The second kappa shape index (κ2) is 4.25. The lowest BCUT2D eigenvalue weighted by Gasteiger charge is -2.02. The van der Waals surface area contributed by atoms with Crippen LogP contribution in [0.3, 0.4) is 0 Å². The standard InChI is InChI=1S/C13H5Br2NO3/c14-6-1-2-8-9(3-6)13(17)10-4-7(15)5-11(12(8)10)16(18)19/h1-5H. The fourth-order valence-electron chi connectivity index (χ4n) is 2.27. The number of hydrogen-bond donors (Lipinski definition) is 0. The zero-order chi connectivity index (χ0) is 13.7. The third-order valence-corrected chi connectivity index (χ3v) is 3.97. The Morgan fingerprint density at radius 1 is 0.947 bits per heavy atom. The van der Waals surface area contributed by atoms with Gasteiger partial charge in [-0.05, 0) is 18.2 Å². The van der Waals surface area contributed by atoms with Crippen molar-refractivity contribution in [3.05, 3.63) is 60.5 Å². The lowest BCUT2D eigenvalue weighted by molar-refractivity contribution is -0.384. The highest BCUT2D eigenvalue weighted by molar-refractivity contribution is 9.10. The fraction of sp³-hybridized carbons (Fsp3) is 0. The number of nitro groups is 1. The molecule has 0 spiro atoms. The third kappa shape index (κ3) is 1.82. The van der Waals surface area contributed by atoms with Crippen molar-refractivity contribution < 1.29 is 9.72 Å². The molecule has 2 aromatic rings. The molecule has 3 rings (SSSR count). The summed E-state index contributed by atoms with van der Waals surface area (Å²) in [5.74, 6) is -0.185. The highest BCUT2D eigenvalue weighted by atomic mass is 79.9. The van der Waals surface area contributed by atoms with Crippen LogP contribution in [0, 0.1) is 10.1 Å². The lowest BCUT2D eigenvalue weighted by Crippen LogP contribution is -1.97. The molecule has 6 heteroatoms. The second-order valence-electron chi connectivity index (χ2n) is 4.12. The molecule has 0 aromatic heterocycles. The molecule has 0 heterocycles. The normalized spacial score (nSPS) is 12.2. The molecule has 0 amide bonds. The molecule has 94 valence electrons. The van der Waals surface area contributed by atoms with E-state index in [-0.39, 0.29) is 11.5 Å². The predicted octanol–water partition coefficient (Wildman–Crippen LogP) is 4.33. The van der Waals surface area contributed by atoms with Gasteiger partial charge in [0.05, 0.1) is 10.5 Å². The summed E-state index contributed by atoms with van der Waals surface area (Å²) >= 11 is 6.51. The van der Waals surface area contributed by atoms with Crippen molar-refractivity contribution in [1.29, 1.82) is 0 Å². The maximum absolute atomic E-state index is 12.3. The van der Waals surface area contributed by atoms with Crippen LogP contribution in [0.25, 0.3) is 11.1 Å². The van der Waals surface area contributed by atoms with E-state index in [0.29, 0.717) is 26.7 Å². The molecule has 0 saturated carbocycles. The zero-order valence-corrected chi connectivity index (χ0v) is 12.5. The predicted molar refractivity (Wildman–Crippen MR) is 77.4 cm³/mol. The molecule has 1 aliphatic carbocycles. The largest absolute Gasteiger partial charge is 0.289 e. The van der Waals surface area contributed by atoms with Gasteiger partial charge >= 0.3 is 0 Å². The summed E-state index contributed by atoms with van der Waals surface area (Å²) < 4.78 is 1.30. The summed E-state index contributed by atoms with van der Waals surface area (Å²) in [5.41, 5.74) is 1.82. The average Bonchev–Trinajstić information content (AvgIpc) is 2.62. The van der Waals surface area contributed by atoms with E-state index in [0.717, 1.165) is 4.47 Å². The SMILES string of the molecule is O=C1c2cc(Br)ccc2-c2c1cc(Br)cc2[N+](=O)[O-]. The van der Waals surface area contributed by atoms with E-state index in [1.54, 1.807) is 24.3 Å². The molecule has 0 radical (unpaired) electrons. The highest BCUT2D eigenvalue weighted by Crippen LogP contribution is 2.44. The first-order valence-electron chi connectivity index (χ1n) is 5.31. The van der Waals surface area contributed by atoms with Gasteiger partial charge < -0.3 is 0 Å². The molecule has 0 unspecified atom stereocenters. The molecule has 1 aliphatic rings. The first kappa shape index (κ1) is 12.5. The molecule has 2 aromatic carbocycles. The third-order valence-electron chi connectivity index (χ3n) is 3.02. The van der Waals surface area contributed by atoms with Crippen molar-refractivity contribution in [3.8, 4) is 11.1 Å². The van der Waals surface area contributed by atoms with Gasteiger partial charge in [0, 0.05) is 31.7 Å². The lowest BCUT2D eigenvalue weighted by atomic mass is 10.0. The van der Waals surface area contributed by atoms with Crippen molar-refractivity contribution in [1.82, 2.24) is 0 Å². The number of carbonyl (C=O) groups is 1. The van der Waals surface area contributed by atoms with Gasteiger partial charge in [-0.15, -0.1) is 0 Å². The van der Waals surface area contributed by atoms with E-state index < -0.39 is 4.92 Å². The van der Waals surface area contributed by atoms with Gasteiger partial charge in [-0.1, -0.05) is 37.9 Å². The first-order valence-corrected chi connectivity index (χ1v) is 6.90. The topological polar surface area (TPSA) is 60.2 Å². The quantitative estimate of drug-likeness (QED) is 0.464. The summed E-state index contributed by atoms with van der Waals surface area (Å²) in [6.07, 6.45) is 0. The molecule has 0 fully saturated rings. The number of nitro benzene ring substituents is 1. The van der Waals surface area contributed by atoms with E-state index in [1.165, 1.54) is 6.07 Å². The average molecular weight is 383 g/mol. The number of ketones is 1. The van der Waals surface area contributed by atoms with Gasteiger partial charge in [-0.25, -0.2) is 0 Å². The molecule has 0 atom stereocenters. The number of carbonyl (C=O) groups excluding carboxylic acids is 1.